The number of rotatable bonds is 2. The molecule has 1 aromatic carbocycles. The number of anilines is 2. The molecule has 7 nitrogen and oxygen atoms in total. The first kappa shape index (κ1) is 14.8. The Morgan fingerprint density at radius 3 is 2.67 bits per heavy atom. The summed E-state index contributed by atoms with van der Waals surface area (Å²) in [5.74, 6) is 0.725. The molecule has 0 saturated carbocycles. The molecule has 1 heterocycles. The van der Waals surface area contributed by atoms with Crippen LogP contribution in [0.2, 0.25) is 0 Å². The number of benzene rings is 1. The molecule has 0 aliphatic carbocycles. The average Bonchev–Trinajstić information content (AvgIpc) is 2.83. The molecular formula is C14H19N5O2. The molecule has 21 heavy (non-hydrogen) atoms. The van der Waals surface area contributed by atoms with Gasteiger partial charge in [-0.1, -0.05) is 12.1 Å². The smallest absolute Gasteiger partial charge is 0.414 e. The van der Waals surface area contributed by atoms with Crippen molar-refractivity contribution >= 4 is 17.7 Å². The van der Waals surface area contributed by atoms with Crippen molar-refractivity contribution in [3.63, 3.8) is 0 Å². The Bertz CT molecular complexity index is 645. The standard InChI is InChI=1S/C14H19N5O2/c1-14(2,3)21-13(20)19(4)10-7-5-6-9(8-10)11-16-12(15)18-17-11/h5-8H,1-4H3,(H3,15,16,17,18). The van der Waals surface area contributed by atoms with E-state index < -0.39 is 11.7 Å². The molecule has 0 atom stereocenters. The number of aromatic amines is 1. The summed E-state index contributed by atoms with van der Waals surface area (Å²) < 4.78 is 5.33. The van der Waals surface area contributed by atoms with E-state index in [1.54, 1.807) is 13.1 Å². The fourth-order valence-corrected chi connectivity index (χ4v) is 1.69. The molecule has 0 aliphatic rings. The van der Waals surface area contributed by atoms with Gasteiger partial charge in [0.05, 0.1) is 0 Å². The van der Waals surface area contributed by atoms with Crippen LogP contribution >= 0.6 is 0 Å². The van der Waals surface area contributed by atoms with Crippen molar-refractivity contribution in [2.45, 2.75) is 26.4 Å². The fraction of sp³-hybridized carbons (Fsp3) is 0.357. The third-order valence-electron chi connectivity index (χ3n) is 2.66. The van der Waals surface area contributed by atoms with Crippen LogP contribution in [0.15, 0.2) is 24.3 Å². The van der Waals surface area contributed by atoms with E-state index in [0.717, 1.165) is 5.56 Å². The summed E-state index contributed by atoms with van der Waals surface area (Å²) in [5, 5.41) is 6.58. The minimum Gasteiger partial charge on any atom is -0.443 e. The molecule has 2 aromatic rings. The van der Waals surface area contributed by atoms with Gasteiger partial charge in [-0.25, -0.2) is 9.89 Å². The molecule has 0 radical (unpaired) electrons. The third kappa shape index (κ3) is 3.71. The SMILES string of the molecule is CN(C(=O)OC(C)(C)C)c1cccc(-c2n[nH]c(N)n2)c1. The first-order valence-corrected chi connectivity index (χ1v) is 6.51. The summed E-state index contributed by atoms with van der Waals surface area (Å²) in [4.78, 5) is 17.6. The molecule has 7 heteroatoms. The van der Waals surface area contributed by atoms with Crippen molar-refractivity contribution in [2.75, 3.05) is 17.7 Å². The zero-order chi connectivity index (χ0) is 15.6. The van der Waals surface area contributed by atoms with Crippen LogP contribution in [-0.4, -0.2) is 33.9 Å². The van der Waals surface area contributed by atoms with Crippen molar-refractivity contribution in [1.29, 1.82) is 0 Å². The number of nitrogen functional groups attached to an aromatic ring is 1. The number of hydrogen-bond donors (Lipinski definition) is 2. The van der Waals surface area contributed by atoms with Gasteiger partial charge in [-0.05, 0) is 32.9 Å². The largest absolute Gasteiger partial charge is 0.443 e. The molecule has 0 saturated heterocycles. The second-order valence-corrected chi connectivity index (χ2v) is 5.63. The second-order valence-electron chi connectivity index (χ2n) is 5.63. The minimum atomic E-state index is -0.541. The van der Waals surface area contributed by atoms with Gasteiger partial charge >= 0.3 is 6.09 Å². The minimum absolute atomic E-state index is 0.246. The number of ether oxygens (including phenoxy) is 1. The van der Waals surface area contributed by atoms with E-state index in [1.165, 1.54) is 4.90 Å². The van der Waals surface area contributed by atoms with E-state index in [0.29, 0.717) is 11.5 Å². The first-order valence-electron chi connectivity index (χ1n) is 6.51. The van der Waals surface area contributed by atoms with Gasteiger partial charge < -0.3 is 10.5 Å². The maximum Gasteiger partial charge on any atom is 0.414 e. The highest BCUT2D eigenvalue weighted by molar-refractivity contribution is 5.88. The zero-order valence-electron chi connectivity index (χ0n) is 12.5. The lowest BCUT2D eigenvalue weighted by Crippen LogP contribution is -2.34. The van der Waals surface area contributed by atoms with Crippen LogP contribution < -0.4 is 10.6 Å². The molecule has 3 N–H and O–H groups in total. The quantitative estimate of drug-likeness (QED) is 0.885. The maximum atomic E-state index is 12.1. The topological polar surface area (TPSA) is 97.1 Å². The number of nitrogens with two attached hydrogens (primary N) is 1. The Kier molecular flexibility index (Phi) is 3.84. The average molecular weight is 289 g/mol. The first-order chi connectivity index (χ1) is 9.76. The van der Waals surface area contributed by atoms with Gasteiger partial charge in [0, 0.05) is 18.3 Å². The van der Waals surface area contributed by atoms with Crippen molar-refractivity contribution < 1.29 is 9.53 Å². The maximum absolute atomic E-state index is 12.1. The Morgan fingerprint density at radius 1 is 1.38 bits per heavy atom. The van der Waals surface area contributed by atoms with E-state index in [4.69, 9.17) is 10.5 Å². The highest BCUT2D eigenvalue weighted by Gasteiger charge is 2.20. The molecule has 1 aromatic heterocycles. The molecule has 0 bridgehead atoms. The molecule has 2 rings (SSSR count). The zero-order valence-corrected chi connectivity index (χ0v) is 12.5. The number of hydrogen-bond acceptors (Lipinski definition) is 5. The van der Waals surface area contributed by atoms with Gasteiger partial charge in [0.1, 0.15) is 5.60 Å². The number of aromatic nitrogens is 3. The van der Waals surface area contributed by atoms with E-state index in [1.807, 2.05) is 39.0 Å². The Balaban J connectivity index is 2.23. The summed E-state index contributed by atoms with van der Waals surface area (Å²) in [6.45, 7) is 5.47. The highest BCUT2D eigenvalue weighted by Crippen LogP contribution is 2.23. The van der Waals surface area contributed by atoms with E-state index in [9.17, 15) is 4.79 Å². The molecule has 112 valence electrons. The summed E-state index contributed by atoms with van der Waals surface area (Å²) >= 11 is 0. The number of carbonyl (C=O) groups is 1. The lowest BCUT2D eigenvalue weighted by Gasteiger charge is -2.24. The highest BCUT2D eigenvalue weighted by atomic mass is 16.6. The second kappa shape index (κ2) is 5.43. The van der Waals surface area contributed by atoms with E-state index in [2.05, 4.69) is 15.2 Å². The predicted molar refractivity (Wildman–Crippen MR) is 80.9 cm³/mol. The summed E-state index contributed by atoms with van der Waals surface area (Å²) in [7, 11) is 1.65. The van der Waals surface area contributed by atoms with Crippen LogP contribution in [0.25, 0.3) is 11.4 Å². The van der Waals surface area contributed by atoms with Gasteiger partial charge in [-0.3, -0.25) is 4.90 Å². The normalized spacial score (nSPS) is 11.2. The van der Waals surface area contributed by atoms with Crippen LogP contribution in [0, 0.1) is 0 Å². The fourth-order valence-electron chi connectivity index (χ4n) is 1.69. The Morgan fingerprint density at radius 2 is 2.10 bits per heavy atom. The summed E-state index contributed by atoms with van der Waals surface area (Å²) in [6, 6.07) is 7.27. The molecular weight excluding hydrogens is 270 g/mol. The summed E-state index contributed by atoms with van der Waals surface area (Å²) in [6.07, 6.45) is -0.422. The van der Waals surface area contributed by atoms with E-state index >= 15 is 0 Å². The van der Waals surface area contributed by atoms with Gasteiger partial charge in [-0.2, -0.15) is 10.1 Å². The molecule has 0 fully saturated rings. The van der Waals surface area contributed by atoms with Crippen molar-refractivity contribution in [2.24, 2.45) is 0 Å². The number of carbonyl (C=O) groups excluding carboxylic acids is 1. The van der Waals surface area contributed by atoms with Crippen molar-refractivity contribution in [3.8, 4) is 11.4 Å². The molecule has 0 unspecified atom stereocenters. The van der Waals surface area contributed by atoms with Crippen LogP contribution in [0.5, 0.6) is 0 Å². The van der Waals surface area contributed by atoms with E-state index in [-0.39, 0.29) is 5.95 Å². The van der Waals surface area contributed by atoms with Crippen LogP contribution in [0.1, 0.15) is 20.8 Å². The van der Waals surface area contributed by atoms with Crippen LogP contribution in [-0.2, 0) is 4.74 Å². The Hall–Kier alpha value is -2.57. The van der Waals surface area contributed by atoms with Crippen LogP contribution in [0.4, 0.5) is 16.4 Å². The number of nitrogens with zero attached hydrogens (tertiary/aromatic N) is 3. The third-order valence-corrected chi connectivity index (χ3v) is 2.66. The predicted octanol–water partition coefficient (Wildman–Crippen LogP) is 2.43. The van der Waals surface area contributed by atoms with Crippen molar-refractivity contribution in [3.05, 3.63) is 24.3 Å². The number of amides is 1. The molecule has 1 amide bonds. The number of H-pyrrole nitrogens is 1. The summed E-state index contributed by atoms with van der Waals surface area (Å²) in [5.41, 5.74) is 6.42. The monoisotopic (exact) mass is 289 g/mol. The van der Waals surface area contributed by atoms with Crippen molar-refractivity contribution in [1.82, 2.24) is 15.2 Å². The molecule has 0 aliphatic heterocycles. The van der Waals surface area contributed by atoms with Gasteiger partial charge in [-0.15, -0.1) is 0 Å². The number of nitrogens with one attached hydrogen (secondary N) is 1. The lowest BCUT2D eigenvalue weighted by atomic mass is 10.2. The lowest BCUT2D eigenvalue weighted by molar-refractivity contribution is 0.0589. The Labute approximate surface area is 123 Å². The van der Waals surface area contributed by atoms with Gasteiger partial charge in [0.25, 0.3) is 0 Å². The van der Waals surface area contributed by atoms with Crippen LogP contribution in [0.3, 0.4) is 0 Å². The molecule has 0 spiro atoms. The van der Waals surface area contributed by atoms with Gasteiger partial charge in [0.15, 0.2) is 5.82 Å². The van der Waals surface area contributed by atoms with Gasteiger partial charge in [0.2, 0.25) is 5.95 Å².